The SMILES string of the molecule is Cc1ccc(CNC(=O)C2CCN(S(=O)(=O)c3ccc4c(c3)sc(=O)n4C(C)C)CC2)cc1. The van der Waals surface area contributed by atoms with Gasteiger partial charge in [0.15, 0.2) is 0 Å². The number of hydrogen-bond acceptors (Lipinski definition) is 5. The van der Waals surface area contributed by atoms with E-state index in [-0.39, 0.29) is 27.6 Å². The summed E-state index contributed by atoms with van der Waals surface area (Å²) < 4.78 is 30.2. The number of fused-ring (bicyclic) bond motifs is 1. The van der Waals surface area contributed by atoms with Crippen LogP contribution in [0.4, 0.5) is 0 Å². The van der Waals surface area contributed by atoms with Gasteiger partial charge in [0.05, 0.1) is 15.1 Å². The van der Waals surface area contributed by atoms with Crippen molar-refractivity contribution in [1.29, 1.82) is 0 Å². The molecule has 0 aliphatic carbocycles. The van der Waals surface area contributed by atoms with E-state index in [9.17, 15) is 18.0 Å². The molecule has 9 heteroatoms. The standard InChI is InChI=1S/C24H29N3O4S2/c1-16(2)27-21-9-8-20(14-22(21)32-24(27)29)33(30,31)26-12-10-19(11-13-26)23(28)25-15-18-6-4-17(3)5-7-18/h4-9,14,16,19H,10-13,15H2,1-3H3,(H,25,28). The first-order valence-corrected chi connectivity index (χ1v) is 13.4. The zero-order valence-corrected chi connectivity index (χ0v) is 20.7. The Bertz CT molecular complexity index is 1320. The van der Waals surface area contributed by atoms with E-state index in [0.29, 0.717) is 37.2 Å². The van der Waals surface area contributed by atoms with Crippen LogP contribution in [0.3, 0.4) is 0 Å². The van der Waals surface area contributed by atoms with Crippen LogP contribution in [0.25, 0.3) is 10.2 Å². The zero-order valence-electron chi connectivity index (χ0n) is 19.1. The molecule has 0 saturated carbocycles. The molecule has 1 saturated heterocycles. The van der Waals surface area contributed by atoms with Crippen LogP contribution in [-0.2, 0) is 21.4 Å². The summed E-state index contributed by atoms with van der Waals surface area (Å²) >= 11 is 1.06. The zero-order chi connectivity index (χ0) is 23.8. The van der Waals surface area contributed by atoms with Crippen molar-refractivity contribution in [3.63, 3.8) is 0 Å². The molecule has 1 N–H and O–H groups in total. The third kappa shape index (κ3) is 4.90. The maximum Gasteiger partial charge on any atom is 0.308 e. The Labute approximate surface area is 198 Å². The maximum absolute atomic E-state index is 13.2. The fourth-order valence-electron chi connectivity index (χ4n) is 4.21. The molecule has 1 amide bonds. The van der Waals surface area contributed by atoms with Crippen LogP contribution in [0.1, 0.15) is 43.9 Å². The van der Waals surface area contributed by atoms with Gasteiger partial charge in [-0.15, -0.1) is 0 Å². The molecule has 176 valence electrons. The first kappa shape index (κ1) is 23.7. The minimum atomic E-state index is -3.69. The van der Waals surface area contributed by atoms with Gasteiger partial charge in [-0.1, -0.05) is 41.2 Å². The maximum atomic E-state index is 13.2. The van der Waals surface area contributed by atoms with Crippen molar-refractivity contribution in [2.45, 2.75) is 51.1 Å². The number of benzene rings is 2. The molecule has 1 aliphatic heterocycles. The number of sulfonamides is 1. The first-order chi connectivity index (χ1) is 15.7. The van der Waals surface area contributed by atoms with Gasteiger partial charge in [-0.3, -0.25) is 14.2 Å². The van der Waals surface area contributed by atoms with E-state index in [1.807, 2.05) is 45.0 Å². The fraction of sp³-hybridized carbons (Fsp3) is 0.417. The van der Waals surface area contributed by atoms with Crippen LogP contribution in [-0.4, -0.2) is 36.3 Å². The number of aromatic nitrogens is 1. The molecule has 1 aliphatic rings. The summed E-state index contributed by atoms with van der Waals surface area (Å²) in [6.45, 7) is 6.94. The lowest BCUT2D eigenvalue weighted by atomic mass is 9.97. The number of nitrogens with one attached hydrogen (secondary N) is 1. The quantitative estimate of drug-likeness (QED) is 0.575. The van der Waals surface area contributed by atoms with Crippen LogP contribution in [0.15, 0.2) is 52.2 Å². The highest BCUT2D eigenvalue weighted by Crippen LogP contribution is 2.28. The molecule has 3 aromatic rings. The minimum absolute atomic E-state index is 0.00453. The second-order valence-electron chi connectivity index (χ2n) is 8.84. The number of piperidine rings is 1. The van der Waals surface area contributed by atoms with Crippen molar-refractivity contribution >= 4 is 37.5 Å². The summed E-state index contributed by atoms with van der Waals surface area (Å²) in [5, 5.41) is 2.97. The number of rotatable bonds is 6. The monoisotopic (exact) mass is 487 g/mol. The number of thiazole rings is 1. The van der Waals surface area contributed by atoms with E-state index in [1.54, 1.807) is 22.8 Å². The van der Waals surface area contributed by atoms with Gasteiger partial charge in [-0.25, -0.2) is 8.42 Å². The van der Waals surface area contributed by atoms with E-state index in [2.05, 4.69) is 5.32 Å². The van der Waals surface area contributed by atoms with Crippen LogP contribution >= 0.6 is 11.3 Å². The highest BCUT2D eigenvalue weighted by molar-refractivity contribution is 7.89. The molecule has 1 fully saturated rings. The van der Waals surface area contributed by atoms with E-state index in [1.165, 1.54) is 9.87 Å². The first-order valence-electron chi connectivity index (χ1n) is 11.2. The van der Waals surface area contributed by atoms with Crippen molar-refractivity contribution in [2.75, 3.05) is 13.1 Å². The molecule has 33 heavy (non-hydrogen) atoms. The third-order valence-corrected chi connectivity index (χ3v) is 8.96. The summed E-state index contributed by atoms with van der Waals surface area (Å²) in [6, 6.07) is 12.9. The predicted molar refractivity (Wildman–Crippen MR) is 131 cm³/mol. The molecular formula is C24H29N3O4S2. The largest absolute Gasteiger partial charge is 0.352 e. The van der Waals surface area contributed by atoms with Gasteiger partial charge in [-0.2, -0.15) is 4.31 Å². The van der Waals surface area contributed by atoms with Gasteiger partial charge >= 0.3 is 4.87 Å². The van der Waals surface area contributed by atoms with Crippen molar-refractivity contribution in [3.8, 4) is 0 Å². The lowest BCUT2D eigenvalue weighted by Gasteiger charge is -2.30. The number of amides is 1. The Hall–Kier alpha value is -2.49. The molecule has 2 heterocycles. The van der Waals surface area contributed by atoms with E-state index in [4.69, 9.17) is 0 Å². The van der Waals surface area contributed by atoms with Crippen LogP contribution in [0.2, 0.25) is 0 Å². The molecule has 0 unspecified atom stereocenters. The summed E-state index contributed by atoms with van der Waals surface area (Å²) in [5.41, 5.74) is 2.96. The van der Waals surface area contributed by atoms with Gasteiger partial charge in [0, 0.05) is 31.6 Å². The van der Waals surface area contributed by atoms with Crippen molar-refractivity contribution in [2.24, 2.45) is 5.92 Å². The molecule has 7 nitrogen and oxygen atoms in total. The average molecular weight is 488 g/mol. The van der Waals surface area contributed by atoms with Crippen molar-refractivity contribution in [3.05, 3.63) is 63.3 Å². The summed E-state index contributed by atoms with van der Waals surface area (Å²) in [6.07, 6.45) is 0.969. The molecule has 0 atom stereocenters. The summed E-state index contributed by atoms with van der Waals surface area (Å²) in [7, 11) is -3.69. The van der Waals surface area contributed by atoms with Crippen LogP contribution in [0.5, 0.6) is 0 Å². The molecular weight excluding hydrogens is 458 g/mol. The van der Waals surface area contributed by atoms with Gasteiger partial charge in [0.1, 0.15) is 0 Å². The highest BCUT2D eigenvalue weighted by Gasteiger charge is 2.32. The van der Waals surface area contributed by atoms with Gasteiger partial charge < -0.3 is 5.32 Å². The molecule has 1 aromatic heterocycles. The lowest BCUT2D eigenvalue weighted by molar-refractivity contribution is -0.126. The van der Waals surface area contributed by atoms with Crippen molar-refractivity contribution < 1.29 is 13.2 Å². The lowest BCUT2D eigenvalue weighted by Crippen LogP contribution is -2.42. The van der Waals surface area contributed by atoms with E-state index in [0.717, 1.165) is 22.4 Å². The number of aryl methyl sites for hydroxylation is 1. The molecule has 0 radical (unpaired) electrons. The van der Waals surface area contributed by atoms with Gasteiger partial charge in [0.25, 0.3) is 0 Å². The fourth-order valence-corrected chi connectivity index (χ4v) is 6.84. The Morgan fingerprint density at radius 3 is 2.42 bits per heavy atom. The predicted octanol–water partition coefficient (Wildman–Crippen LogP) is 3.67. The normalized spacial score (nSPS) is 15.9. The number of hydrogen-bond donors (Lipinski definition) is 1. The smallest absolute Gasteiger partial charge is 0.308 e. The van der Waals surface area contributed by atoms with Gasteiger partial charge in [-0.05, 0) is 57.4 Å². The van der Waals surface area contributed by atoms with Crippen LogP contribution < -0.4 is 10.2 Å². The van der Waals surface area contributed by atoms with Crippen LogP contribution in [0, 0.1) is 12.8 Å². The van der Waals surface area contributed by atoms with E-state index >= 15 is 0 Å². The molecule has 2 aromatic carbocycles. The summed E-state index contributed by atoms with van der Waals surface area (Å²) in [5.74, 6) is -0.233. The number of carbonyl (C=O) groups is 1. The Balaban J connectivity index is 1.41. The second kappa shape index (κ2) is 9.40. The summed E-state index contributed by atoms with van der Waals surface area (Å²) in [4.78, 5) is 25.0. The van der Waals surface area contributed by atoms with E-state index < -0.39 is 10.0 Å². The topological polar surface area (TPSA) is 88.5 Å². The number of carbonyl (C=O) groups excluding carboxylic acids is 1. The number of nitrogens with zero attached hydrogens (tertiary/aromatic N) is 2. The Kier molecular flexibility index (Phi) is 6.74. The third-order valence-electron chi connectivity index (χ3n) is 6.15. The molecule has 0 bridgehead atoms. The molecule has 4 rings (SSSR count). The van der Waals surface area contributed by atoms with Gasteiger partial charge in [0.2, 0.25) is 15.9 Å². The second-order valence-corrected chi connectivity index (χ2v) is 11.8. The highest BCUT2D eigenvalue weighted by atomic mass is 32.2. The minimum Gasteiger partial charge on any atom is -0.352 e. The Morgan fingerprint density at radius 2 is 1.79 bits per heavy atom. The van der Waals surface area contributed by atoms with Crippen molar-refractivity contribution in [1.82, 2.24) is 14.2 Å². The molecule has 0 spiro atoms. The average Bonchev–Trinajstić information content (AvgIpc) is 3.13. The Morgan fingerprint density at radius 1 is 1.12 bits per heavy atom.